The Bertz CT molecular complexity index is 327. The molecule has 0 rings (SSSR count). The number of carbonyl (C=O) groups is 1. The second-order valence-corrected chi connectivity index (χ2v) is 5.28. The number of hydrogen-bond donors (Lipinski definition) is 2. The molecule has 0 aromatic carbocycles. The molecule has 21 heavy (non-hydrogen) atoms. The van der Waals surface area contributed by atoms with Gasteiger partial charge in [-0.2, -0.15) is 0 Å². The van der Waals surface area contributed by atoms with Gasteiger partial charge in [-0.1, -0.05) is 55.7 Å². The van der Waals surface area contributed by atoms with Crippen LogP contribution in [-0.4, -0.2) is 22.3 Å². The molecule has 0 saturated carbocycles. The first-order chi connectivity index (χ1) is 10.1. The Morgan fingerprint density at radius 2 is 1.48 bits per heavy atom. The van der Waals surface area contributed by atoms with Gasteiger partial charge in [-0.25, -0.2) is 0 Å². The molecule has 0 spiro atoms. The number of allylic oxidation sites excluding steroid dienone is 5. The molecule has 0 saturated heterocycles. The van der Waals surface area contributed by atoms with E-state index in [0.29, 0.717) is 6.42 Å². The molecule has 3 heteroatoms. The Kier molecular flexibility index (Phi) is 14.1. The van der Waals surface area contributed by atoms with Crippen LogP contribution in [0.15, 0.2) is 36.5 Å². The summed E-state index contributed by atoms with van der Waals surface area (Å²) in [7, 11) is 0. The van der Waals surface area contributed by atoms with Crippen molar-refractivity contribution in [1.29, 1.82) is 0 Å². The lowest BCUT2D eigenvalue weighted by Crippen LogP contribution is -1.93. The SMILES string of the molecule is C[C@@H](O)/C=C\C/C=C\C/C=C\CCCCCCCC(=O)O. The van der Waals surface area contributed by atoms with Gasteiger partial charge in [-0.3, -0.25) is 4.79 Å². The monoisotopic (exact) mass is 294 g/mol. The number of rotatable bonds is 13. The fourth-order valence-corrected chi connectivity index (χ4v) is 1.91. The largest absolute Gasteiger partial charge is 0.481 e. The highest BCUT2D eigenvalue weighted by molar-refractivity contribution is 5.66. The van der Waals surface area contributed by atoms with Gasteiger partial charge in [0.1, 0.15) is 0 Å². The average Bonchev–Trinajstić information content (AvgIpc) is 2.42. The first-order valence-corrected chi connectivity index (χ1v) is 7.99. The lowest BCUT2D eigenvalue weighted by Gasteiger charge is -1.98. The molecule has 0 amide bonds. The highest BCUT2D eigenvalue weighted by Gasteiger charge is 1.95. The van der Waals surface area contributed by atoms with Crippen molar-refractivity contribution >= 4 is 5.97 Å². The Morgan fingerprint density at radius 3 is 2.14 bits per heavy atom. The number of aliphatic hydroxyl groups excluding tert-OH is 1. The first kappa shape index (κ1) is 19.7. The zero-order valence-corrected chi connectivity index (χ0v) is 13.2. The van der Waals surface area contributed by atoms with Crippen LogP contribution in [0.1, 0.15) is 64.7 Å². The van der Waals surface area contributed by atoms with Crippen molar-refractivity contribution in [2.24, 2.45) is 0 Å². The second kappa shape index (κ2) is 15.0. The standard InChI is InChI=1S/C18H30O3/c1-17(19)15-13-11-9-7-5-3-2-4-6-8-10-12-14-16-18(20)21/h2-3,7,9,13,15,17,19H,4-6,8,10-12,14,16H2,1H3,(H,20,21)/b3-2-,9-7-,15-13-/t17-/m1/s1. The normalized spacial score (nSPS) is 13.6. The van der Waals surface area contributed by atoms with Gasteiger partial charge >= 0.3 is 5.97 Å². The smallest absolute Gasteiger partial charge is 0.303 e. The molecule has 0 heterocycles. The summed E-state index contributed by atoms with van der Waals surface area (Å²) in [6.07, 6.45) is 20.6. The van der Waals surface area contributed by atoms with Crippen molar-refractivity contribution in [3.8, 4) is 0 Å². The molecule has 0 fully saturated rings. The van der Waals surface area contributed by atoms with E-state index in [4.69, 9.17) is 10.2 Å². The molecular formula is C18H30O3. The number of carboxylic acids is 1. The van der Waals surface area contributed by atoms with E-state index in [1.165, 1.54) is 12.8 Å². The van der Waals surface area contributed by atoms with E-state index in [1.807, 2.05) is 6.08 Å². The summed E-state index contributed by atoms with van der Waals surface area (Å²) in [5.41, 5.74) is 0. The summed E-state index contributed by atoms with van der Waals surface area (Å²) in [6.45, 7) is 1.75. The molecule has 0 aromatic rings. The fourth-order valence-electron chi connectivity index (χ4n) is 1.91. The van der Waals surface area contributed by atoms with Gasteiger partial charge in [0.2, 0.25) is 0 Å². The van der Waals surface area contributed by atoms with Crippen LogP contribution in [0.2, 0.25) is 0 Å². The number of carboxylic acid groups (broad SMARTS) is 1. The van der Waals surface area contributed by atoms with Crippen LogP contribution >= 0.6 is 0 Å². The second-order valence-electron chi connectivity index (χ2n) is 5.28. The van der Waals surface area contributed by atoms with Crippen molar-refractivity contribution in [3.05, 3.63) is 36.5 Å². The Balaban J connectivity index is 3.29. The van der Waals surface area contributed by atoms with Crippen molar-refractivity contribution < 1.29 is 15.0 Å². The molecule has 0 radical (unpaired) electrons. The third kappa shape index (κ3) is 18.6. The van der Waals surface area contributed by atoms with Gasteiger partial charge in [0.05, 0.1) is 6.10 Å². The van der Waals surface area contributed by atoms with Crippen LogP contribution < -0.4 is 0 Å². The maximum absolute atomic E-state index is 10.3. The zero-order chi connectivity index (χ0) is 15.8. The van der Waals surface area contributed by atoms with Crippen molar-refractivity contribution in [1.82, 2.24) is 0 Å². The molecule has 2 N–H and O–H groups in total. The van der Waals surface area contributed by atoms with Crippen LogP contribution in [0.25, 0.3) is 0 Å². The summed E-state index contributed by atoms with van der Waals surface area (Å²) < 4.78 is 0. The molecule has 0 bridgehead atoms. The Labute approximate surface area is 129 Å². The summed E-state index contributed by atoms with van der Waals surface area (Å²) in [5, 5.41) is 17.5. The van der Waals surface area contributed by atoms with E-state index in [-0.39, 0.29) is 6.10 Å². The quantitative estimate of drug-likeness (QED) is 0.384. The van der Waals surface area contributed by atoms with Crippen LogP contribution in [0.4, 0.5) is 0 Å². The average molecular weight is 294 g/mol. The Morgan fingerprint density at radius 1 is 0.905 bits per heavy atom. The van der Waals surface area contributed by atoms with Crippen LogP contribution in [0, 0.1) is 0 Å². The van der Waals surface area contributed by atoms with Crippen LogP contribution in [0.3, 0.4) is 0 Å². The summed E-state index contributed by atoms with van der Waals surface area (Å²) in [5.74, 6) is -0.688. The molecule has 0 aliphatic rings. The van der Waals surface area contributed by atoms with Gasteiger partial charge in [0.25, 0.3) is 0 Å². The number of unbranched alkanes of at least 4 members (excludes halogenated alkanes) is 5. The molecule has 0 aliphatic heterocycles. The highest BCUT2D eigenvalue weighted by Crippen LogP contribution is 2.07. The molecule has 120 valence electrons. The number of aliphatic hydroxyl groups is 1. The first-order valence-electron chi connectivity index (χ1n) is 7.99. The molecule has 0 aliphatic carbocycles. The van der Waals surface area contributed by atoms with E-state index < -0.39 is 5.97 Å². The van der Waals surface area contributed by atoms with E-state index in [1.54, 1.807) is 13.0 Å². The van der Waals surface area contributed by atoms with Crippen molar-refractivity contribution in [2.45, 2.75) is 70.8 Å². The topological polar surface area (TPSA) is 57.5 Å². The molecule has 0 unspecified atom stereocenters. The number of aliphatic carboxylic acids is 1. The van der Waals surface area contributed by atoms with E-state index in [9.17, 15) is 4.79 Å². The van der Waals surface area contributed by atoms with E-state index >= 15 is 0 Å². The summed E-state index contributed by atoms with van der Waals surface area (Å²) in [4.78, 5) is 10.3. The van der Waals surface area contributed by atoms with Gasteiger partial charge in [0.15, 0.2) is 0 Å². The summed E-state index contributed by atoms with van der Waals surface area (Å²) >= 11 is 0. The highest BCUT2D eigenvalue weighted by atomic mass is 16.4. The molecular weight excluding hydrogens is 264 g/mol. The lowest BCUT2D eigenvalue weighted by atomic mass is 10.1. The maximum atomic E-state index is 10.3. The predicted octanol–water partition coefficient (Wildman–Crippen LogP) is 4.63. The van der Waals surface area contributed by atoms with Gasteiger partial charge in [-0.05, 0) is 39.0 Å². The Hall–Kier alpha value is -1.35. The predicted molar refractivity (Wildman–Crippen MR) is 88.3 cm³/mol. The molecule has 3 nitrogen and oxygen atoms in total. The minimum atomic E-state index is -0.688. The van der Waals surface area contributed by atoms with Gasteiger partial charge in [-0.15, -0.1) is 0 Å². The molecule has 1 atom stereocenters. The maximum Gasteiger partial charge on any atom is 0.303 e. The van der Waals surface area contributed by atoms with Crippen LogP contribution in [-0.2, 0) is 4.79 Å². The van der Waals surface area contributed by atoms with E-state index in [0.717, 1.165) is 38.5 Å². The lowest BCUT2D eigenvalue weighted by molar-refractivity contribution is -0.137. The minimum Gasteiger partial charge on any atom is -0.481 e. The molecule has 0 aromatic heterocycles. The van der Waals surface area contributed by atoms with Crippen molar-refractivity contribution in [2.75, 3.05) is 0 Å². The fraction of sp³-hybridized carbons (Fsp3) is 0.611. The van der Waals surface area contributed by atoms with Gasteiger partial charge in [0, 0.05) is 6.42 Å². The zero-order valence-electron chi connectivity index (χ0n) is 13.2. The third-order valence-corrected chi connectivity index (χ3v) is 3.05. The third-order valence-electron chi connectivity index (χ3n) is 3.05. The van der Waals surface area contributed by atoms with Crippen molar-refractivity contribution in [3.63, 3.8) is 0 Å². The summed E-state index contributed by atoms with van der Waals surface area (Å²) in [6, 6.07) is 0. The minimum absolute atomic E-state index is 0.304. The number of hydrogen-bond acceptors (Lipinski definition) is 2. The van der Waals surface area contributed by atoms with Gasteiger partial charge < -0.3 is 10.2 Å². The van der Waals surface area contributed by atoms with E-state index in [2.05, 4.69) is 24.3 Å². The van der Waals surface area contributed by atoms with Crippen LogP contribution in [0.5, 0.6) is 0 Å².